The molecule has 172 valence electrons. The normalized spacial score (nSPS) is 11.3. The van der Waals surface area contributed by atoms with Gasteiger partial charge in [-0.1, -0.05) is 78.9 Å². The van der Waals surface area contributed by atoms with Gasteiger partial charge in [0.2, 0.25) is 5.91 Å². The molecule has 0 atom stereocenters. The molecule has 4 aromatic carbocycles. The van der Waals surface area contributed by atoms with E-state index in [0.717, 1.165) is 16.5 Å². The van der Waals surface area contributed by atoms with Crippen LogP contribution < -0.4 is 5.43 Å². The van der Waals surface area contributed by atoms with Crippen LogP contribution in [0.15, 0.2) is 102 Å². The molecule has 5 rings (SSSR count). The van der Waals surface area contributed by atoms with Crippen molar-refractivity contribution in [3.8, 4) is 0 Å². The van der Waals surface area contributed by atoms with Crippen LogP contribution >= 0.6 is 0 Å². The van der Waals surface area contributed by atoms with Crippen molar-refractivity contribution in [1.82, 2.24) is 9.99 Å². The average molecular weight is 463 g/mol. The number of hydrogen-bond donors (Lipinski definition) is 1. The van der Waals surface area contributed by atoms with Gasteiger partial charge >= 0.3 is 0 Å². The fourth-order valence-electron chi connectivity index (χ4n) is 4.35. The third-order valence-corrected chi connectivity index (χ3v) is 5.97. The summed E-state index contributed by atoms with van der Waals surface area (Å²) in [6.07, 6.45) is 3.50. The molecule has 35 heavy (non-hydrogen) atoms. The van der Waals surface area contributed by atoms with E-state index in [2.05, 4.69) is 51.5 Å². The number of hydrogen-bond acceptors (Lipinski definition) is 4. The number of carbonyl (C=O) groups excluding carboxylic acids is 1. The van der Waals surface area contributed by atoms with E-state index in [-0.39, 0.29) is 12.1 Å². The lowest BCUT2D eigenvalue weighted by Crippen LogP contribution is -2.20. The fraction of sp³-hybridized carbons (Fsp3) is 0.0714. The summed E-state index contributed by atoms with van der Waals surface area (Å²) in [6.45, 7) is 0.694. The summed E-state index contributed by atoms with van der Waals surface area (Å²) in [5.41, 5.74) is 5.90. The molecule has 0 aliphatic carbocycles. The number of fused-ring (bicyclic) bond motifs is 2. The van der Waals surface area contributed by atoms with Crippen molar-refractivity contribution in [2.24, 2.45) is 5.10 Å². The Morgan fingerprint density at radius 2 is 1.57 bits per heavy atom. The van der Waals surface area contributed by atoms with Crippen LogP contribution in [0.5, 0.6) is 0 Å². The van der Waals surface area contributed by atoms with Crippen molar-refractivity contribution in [1.29, 1.82) is 0 Å². The summed E-state index contributed by atoms with van der Waals surface area (Å²) < 4.78 is 2.17. The summed E-state index contributed by atoms with van der Waals surface area (Å²) in [5.74, 6) is -0.421. The van der Waals surface area contributed by atoms with Gasteiger partial charge in [-0.2, -0.15) is 5.10 Å². The second-order valence-corrected chi connectivity index (χ2v) is 8.22. The molecular formula is C28H22N4O3. The highest BCUT2D eigenvalue weighted by atomic mass is 16.6. The van der Waals surface area contributed by atoms with E-state index >= 15 is 0 Å². The second kappa shape index (κ2) is 9.61. The number of hydrazone groups is 1. The third-order valence-electron chi connectivity index (χ3n) is 5.97. The van der Waals surface area contributed by atoms with Gasteiger partial charge in [0.25, 0.3) is 5.69 Å². The molecule has 1 amide bonds. The van der Waals surface area contributed by atoms with Gasteiger partial charge in [-0.25, -0.2) is 5.43 Å². The second-order valence-electron chi connectivity index (χ2n) is 8.22. The van der Waals surface area contributed by atoms with E-state index in [1.165, 1.54) is 22.4 Å². The number of nitrogens with one attached hydrogen (secondary N) is 1. The smallest absolute Gasteiger partial charge is 0.273 e. The first kappa shape index (κ1) is 22.0. The van der Waals surface area contributed by atoms with Crippen molar-refractivity contribution < 1.29 is 9.72 Å². The number of rotatable bonds is 7. The predicted molar refractivity (Wildman–Crippen MR) is 138 cm³/mol. The van der Waals surface area contributed by atoms with E-state index in [4.69, 9.17) is 0 Å². The van der Waals surface area contributed by atoms with Crippen molar-refractivity contribution in [2.45, 2.75) is 13.0 Å². The van der Waals surface area contributed by atoms with Crippen molar-refractivity contribution in [3.63, 3.8) is 0 Å². The Hall–Kier alpha value is -4.78. The van der Waals surface area contributed by atoms with E-state index in [1.807, 2.05) is 36.5 Å². The van der Waals surface area contributed by atoms with Gasteiger partial charge in [0.15, 0.2) is 0 Å². The Morgan fingerprint density at radius 1 is 0.886 bits per heavy atom. The molecule has 0 radical (unpaired) electrons. The Morgan fingerprint density at radius 3 is 2.43 bits per heavy atom. The summed E-state index contributed by atoms with van der Waals surface area (Å²) in [4.78, 5) is 23.0. The summed E-state index contributed by atoms with van der Waals surface area (Å²) >= 11 is 0. The maximum absolute atomic E-state index is 12.4. The Kier molecular flexibility index (Phi) is 6.05. The number of carbonyl (C=O) groups is 1. The molecule has 1 N–H and O–H groups in total. The Balaban J connectivity index is 1.37. The van der Waals surface area contributed by atoms with Crippen LogP contribution in [-0.4, -0.2) is 21.6 Å². The zero-order valence-corrected chi connectivity index (χ0v) is 18.8. The van der Waals surface area contributed by atoms with Gasteiger partial charge in [-0.3, -0.25) is 14.9 Å². The highest BCUT2D eigenvalue weighted by Crippen LogP contribution is 2.24. The molecule has 0 unspecified atom stereocenters. The lowest BCUT2D eigenvalue weighted by atomic mass is 10.0. The SMILES string of the molecule is O=C(Cc1ccccc1[N+](=O)[O-])NN=Cc1cn(Cc2cccc3ccccc23)c2ccccc12. The first-order chi connectivity index (χ1) is 17.1. The van der Waals surface area contributed by atoms with E-state index in [0.29, 0.717) is 12.1 Å². The molecule has 0 aliphatic rings. The Bertz CT molecular complexity index is 1580. The van der Waals surface area contributed by atoms with Crippen LogP contribution in [0.4, 0.5) is 5.69 Å². The molecule has 0 bridgehead atoms. The van der Waals surface area contributed by atoms with Crippen LogP contribution in [-0.2, 0) is 17.8 Å². The average Bonchev–Trinajstić information content (AvgIpc) is 3.22. The number of nitro benzene ring substituents is 1. The zero-order chi connectivity index (χ0) is 24.2. The van der Waals surface area contributed by atoms with Gasteiger partial charge in [-0.05, 0) is 22.4 Å². The molecular weight excluding hydrogens is 440 g/mol. The summed E-state index contributed by atoms with van der Waals surface area (Å²) in [6, 6.07) is 28.9. The molecule has 7 nitrogen and oxygen atoms in total. The van der Waals surface area contributed by atoms with Crippen LogP contribution in [0.25, 0.3) is 21.7 Å². The largest absolute Gasteiger partial charge is 0.342 e. The number of para-hydroxylation sites is 2. The monoisotopic (exact) mass is 462 g/mol. The van der Waals surface area contributed by atoms with Crippen LogP contribution in [0.3, 0.4) is 0 Å². The lowest BCUT2D eigenvalue weighted by Gasteiger charge is -2.09. The Labute approximate surface area is 201 Å². The minimum atomic E-state index is -0.489. The molecule has 0 saturated heterocycles. The summed E-state index contributed by atoms with van der Waals surface area (Å²) in [7, 11) is 0. The molecule has 1 heterocycles. The molecule has 0 spiro atoms. The molecule has 7 heteroatoms. The number of aromatic nitrogens is 1. The minimum absolute atomic E-state index is 0.0804. The topological polar surface area (TPSA) is 89.5 Å². The maximum atomic E-state index is 12.4. The van der Waals surface area contributed by atoms with Gasteiger partial charge in [0.05, 0.1) is 17.6 Å². The van der Waals surface area contributed by atoms with Gasteiger partial charge in [0.1, 0.15) is 0 Å². The first-order valence-electron chi connectivity index (χ1n) is 11.2. The van der Waals surface area contributed by atoms with Crippen molar-refractivity contribution in [3.05, 3.63) is 124 Å². The van der Waals surface area contributed by atoms with Gasteiger partial charge in [0, 0.05) is 40.8 Å². The fourth-order valence-corrected chi connectivity index (χ4v) is 4.35. The quantitative estimate of drug-likeness (QED) is 0.198. The molecule has 0 saturated carbocycles. The van der Waals surface area contributed by atoms with E-state index < -0.39 is 10.8 Å². The standard InChI is InChI=1S/C28H22N4O3/c33-28(16-21-9-2-5-14-26(21)32(34)35)30-29-17-23-19-31(27-15-6-4-13-25(23)27)18-22-11-7-10-20-8-1-3-12-24(20)22/h1-15,17,19H,16,18H2,(H,30,33). The van der Waals surface area contributed by atoms with Crippen LogP contribution in [0.1, 0.15) is 16.7 Å². The highest BCUT2D eigenvalue weighted by molar-refractivity contribution is 6.00. The van der Waals surface area contributed by atoms with Gasteiger partial charge < -0.3 is 4.57 Å². The maximum Gasteiger partial charge on any atom is 0.273 e. The number of nitrogens with zero attached hydrogens (tertiary/aromatic N) is 3. The predicted octanol–water partition coefficient (Wildman–Crippen LogP) is 5.44. The molecule has 0 aliphatic heterocycles. The van der Waals surface area contributed by atoms with Crippen LogP contribution in [0.2, 0.25) is 0 Å². The third kappa shape index (κ3) is 4.65. The summed E-state index contributed by atoms with van der Waals surface area (Å²) in [5, 5.41) is 18.7. The number of benzene rings is 4. The first-order valence-corrected chi connectivity index (χ1v) is 11.2. The van der Waals surface area contributed by atoms with Gasteiger partial charge in [-0.15, -0.1) is 0 Å². The molecule has 1 aromatic heterocycles. The van der Waals surface area contributed by atoms with Crippen LogP contribution in [0, 0.1) is 10.1 Å². The zero-order valence-electron chi connectivity index (χ0n) is 18.8. The minimum Gasteiger partial charge on any atom is -0.342 e. The molecule has 5 aromatic rings. The lowest BCUT2D eigenvalue weighted by molar-refractivity contribution is -0.385. The number of nitro groups is 1. The molecule has 0 fully saturated rings. The van der Waals surface area contributed by atoms with E-state index in [9.17, 15) is 14.9 Å². The van der Waals surface area contributed by atoms with Crippen molar-refractivity contribution in [2.75, 3.05) is 0 Å². The highest BCUT2D eigenvalue weighted by Gasteiger charge is 2.15. The van der Waals surface area contributed by atoms with Crippen molar-refractivity contribution >= 4 is 39.5 Å². The number of amides is 1. The van der Waals surface area contributed by atoms with E-state index in [1.54, 1.807) is 24.4 Å².